The van der Waals surface area contributed by atoms with Crippen LogP contribution in [0.3, 0.4) is 0 Å². The van der Waals surface area contributed by atoms with Crippen LogP contribution in [0.5, 0.6) is 11.5 Å². The van der Waals surface area contributed by atoms with Gasteiger partial charge in [-0.2, -0.15) is 0 Å². The van der Waals surface area contributed by atoms with Crippen molar-refractivity contribution in [1.82, 2.24) is 4.90 Å². The topological polar surface area (TPSA) is 94.3 Å². The molecule has 152 valence electrons. The number of hydrogen-bond acceptors (Lipinski definition) is 7. The van der Waals surface area contributed by atoms with E-state index in [0.717, 1.165) is 0 Å². The molecule has 1 heterocycles. The first kappa shape index (κ1) is 20.7. The number of nitro benzene ring substituents is 1. The monoisotopic (exact) mass is 415 g/mol. The van der Waals surface area contributed by atoms with Crippen LogP contribution in [0, 0.1) is 10.1 Å². The lowest BCUT2D eigenvalue weighted by molar-refractivity contribution is -0.385. The van der Waals surface area contributed by atoms with E-state index >= 15 is 0 Å². The van der Waals surface area contributed by atoms with Crippen LogP contribution in [0.25, 0.3) is 0 Å². The number of amidine groups is 1. The van der Waals surface area contributed by atoms with Gasteiger partial charge in [-0.15, -0.1) is 0 Å². The Morgan fingerprint density at radius 1 is 1.31 bits per heavy atom. The quantitative estimate of drug-likeness (QED) is 0.517. The molecule has 3 rings (SSSR count). The normalized spacial score (nSPS) is 17.4. The predicted octanol–water partition coefficient (Wildman–Crippen LogP) is 4.27. The second-order valence-corrected chi connectivity index (χ2v) is 7.26. The molecule has 0 unspecified atom stereocenters. The number of rotatable bonds is 6. The smallest absolute Gasteiger partial charge is 0.311 e. The molecule has 2 aromatic carbocycles. The fraction of sp³-hybridized carbons (Fsp3) is 0.300. The molecular weight excluding hydrogens is 394 g/mol. The second-order valence-electron chi connectivity index (χ2n) is 6.27. The van der Waals surface area contributed by atoms with Gasteiger partial charge in [-0.1, -0.05) is 23.9 Å². The first-order valence-corrected chi connectivity index (χ1v) is 10.0. The van der Waals surface area contributed by atoms with Crippen molar-refractivity contribution >= 4 is 34.2 Å². The van der Waals surface area contributed by atoms with Gasteiger partial charge in [0.05, 0.1) is 18.6 Å². The summed E-state index contributed by atoms with van der Waals surface area (Å²) in [7, 11) is 1.35. The fourth-order valence-electron chi connectivity index (χ4n) is 2.94. The largest absolute Gasteiger partial charge is 0.492 e. The van der Waals surface area contributed by atoms with Crippen LogP contribution in [0.4, 0.5) is 11.4 Å². The van der Waals surface area contributed by atoms with E-state index < -0.39 is 4.92 Å². The lowest BCUT2D eigenvalue weighted by atomic mass is 10.1. The molecule has 1 aliphatic rings. The molecule has 9 heteroatoms. The maximum absolute atomic E-state index is 13.2. The van der Waals surface area contributed by atoms with Gasteiger partial charge in [-0.25, -0.2) is 4.99 Å². The summed E-state index contributed by atoms with van der Waals surface area (Å²) in [4.78, 5) is 30.1. The number of carbonyl (C=O) groups is 1. The third-order valence-corrected chi connectivity index (χ3v) is 5.52. The van der Waals surface area contributed by atoms with Crippen LogP contribution >= 0.6 is 11.8 Å². The van der Waals surface area contributed by atoms with Gasteiger partial charge in [0.15, 0.2) is 10.9 Å². The number of nitrogens with zero attached hydrogens (tertiary/aromatic N) is 3. The number of aliphatic imine (C=N–C) groups is 1. The van der Waals surface area contributed by atoms with Gasteiger partial charge in [0, 0.05) is 23.4 Å². The number of para-hydroxylation sites is 2. The fourth-order valence-corrected chi connectivity index (χ4v) is 4.04. The first-order chi connectivity index (χ1) is 14.0. The van der Waals surface area contributed by atoms with E-state index in [9.17, 15) is 14.9 Å². The molecule has 2 aromatic rings. The maximum atomic E-state index is 13.2. The molecule has 0 aliphatic carbocycles. The Labute approximate surface area is 172 Å². The van der Waals surface area contributed by atoms with Crippen LogP contribution in [0.15, 0.2) is 47.5 Å². The van der Waals surface area contributed by atoms with Crippen LogP contribution in [-0.4, -0.2) is 46.4 Å². The molecule has 1 saturated heterocycles. The summed E-state index contributed by atoms with van der Waals surface area (Å²) in [5.41, 5.74) is 0.583. The van der Waals surface area contributed by atoms with E-state index in [2.05, 4.69) is 4.99 Å². The number of carbonyl (C=O) groups excluding carboxylic acids is 1. The minimum atomic E-state index is -0.564. The number of hydrogen-bond donors (Lipinski definition) is 0. The standard InChI is InChI=1S/C20H21N3O5S/c1-4-28-17-8-6-5-7-15(17)21-20-22(13(2)12-29-20)19(24)14-9-10-18(27-3)16(11-14)23(25)26/h5-11,13H,4,12H2,1-3H3/t13-/m1/s1. The minimum Gasteiger partial charge on any atom is -0.492 e. The van der Waals surface area contributed by atoms with E-state index in [-0.39, 0.29) is 28.9 Å². The summed E-state index contributed by atoms with van der Waals surface area (Å²) < 4.78 is 10.6. The molecule has 1 aliphatic heterocycles. The second kappa shape index (κ2) is 8.95. The molecule has 0 saturated carbocycles. The predicted molar refractivity (Wildman–Crippen MR) is 112 cm³/mol. The van der Waals surface area contributed by atoms with E-state index in [1.807, 2.05) is 38.1 Å². The highest BCUT2D eigenvalue weighted by molar-refractivity contribution is 8.14. The average Bonchev–Trinajstić information content (AvgIpc) is 3.08. The summed E-state index contributed by atoms with van der Waals surface area (Å²) in [6.45, 7) is 4.31. The molecule has 1 amide bonds. The van der Waals surface area contributed by atoms with Crippen LogP contribution in [0.1, 0.15) is 24.2 Å². The zero-order valence-electron chi connectivity index (χ0n) is 16.3. The molecule has 29 heavy (non-hydrogen) atoms. The van der Waals surface area contributed by atoms with Crippen LogP contribution in [-0.2, 0) is 0 Å². The number of ether oxygens (including phenoxy) is 2. The molecule has 1 fully saturated rings. The Morgan fingerprint density at radius 2 is 2.07 bits per heavy atom. The molecule has 0 bridgehead atoms. The van der Waals surface area contributed by atoms with Crippen LogP contribution < -0.4 is 9.47 Å². The molecule has 0 radical (unpaired) electrons. The highest BCUT2D eigenvalue weighted by atomic mass is 32.2. The Balaban J connectivity index is 1.97. The van der Waals surface area contributed by atoms with Crippen molar-refractivity contribution in [3.05, 3.63) is 58.1 Å². The van der Waals surface area contributed by atoms with Crippen molar-refractivity contribution in [2.75, 3.05) is 19.5 Å². The Bertz CT molecular complexity index is 963. The molecular formula is C20H21N3O5S. The summed E-state index contributed by atoms with van der Waals surface area (Å²) in [6, 6.07) is 11.4. The average molecular weight is 415 g/mol. The number of methoxy groups -OCH3 is 1. The van der Waals surface area contributed by atoms with Gasteiger partial charge in [0.25, 0.3) is 5.91 Å². The molecule has 1 atom stereocenters. The number of thioether (sulfide) groups is 1. The lowest BCUT2D eigenvalue weighted by Gasteiger charge is -2.21. The highest BCUT2D eigenvalue weighted by Crippen LogP contribution is 2.34. The van der Waals surface area contributed by atoms with Crippen molar-refractivity contribution < 1.29 is 19.2 Å². The zero-order valence-corrected chi connectivity index (χ0v) is 17.1. The van der Waals surface area contributed by atoms with E-state index in [1.165, 1.54) is 37.1 Å². The Morgan fingerprint density at radius 3 is 2.76 bits per heavy atom. The van der Waals surface area contributed by atoms with Gasteiger partial charge >= 0.3 is 5.69 Å². The van der Waals surface area contributed by atoms with E-state index in [4.69, 9.17) is 9.47 Å². The summed E-state index contributed by atoms with van der Waals surface area (Å²) >= 11 is 1.46. The molecule has 0 aromatic heterocycles. The molecule has 8 nitrogen and oxygen atoms in total. The lowest BCUT2D eigenvalue weighted by Crippen LogP contribution is -2.37. The summed E-state index contributed by atoms with van der Waals surface area (Å²) in [5, 5.41) is 11.8. The first-order valence-electron chi connectivity index (χ1n) is 9.05. The van der Waals surface area contributed by atoms with Gasteiger partial charge < -0.3 is 9.47 Å². The number of amides is 1. The molecule has 0 spiro atoms. The minimum absolute atomic E-state index is 0.105. The van der Waals surface area contributed by atoms with Crippen LogP contribution in [0.2, 0.25) is 0 Å². The third-order valence-electron chi connectivity index (χ3n) is 4.32. The number of benzene rings is 2. The number of nitro groups is 1. The van der Waals surface area contributed by atoms with E-state index in [1.54, 1.807) is 4.90 Å². The summed E-state index contributed by atoms with van der Waals surface area (Å²) in [5.74, 6) is 1.07. The highest BCUT2D eigenvalue weighted by Gasteiger charge is 2.34. The SMILES string of the molecule is CCOc1ccccc1N=C1SC[C@@H](C)N1C(=O)c1ccc(OC)c([N+](=O)[O-])c1. The van der Waals surface area contributed by atoms with E-state index in [0.29, 0.717) is 29.0 Å². The Kier molecular flexibility index (Phi) is 6.38. The third kappa shape index (κ3) is 4.34. The summed E-state index contributed by atoms with van der Waals surface area (Å²) in [6.07, 6.45) is 0. The van der Waals surface area contributed by atoms with Crippen molar-refractivity contribution in [2.45, 2.75) is 19.9 Å². The molecule has 0 N–H and O–H groups in total. The van der Waals surface area contributed by atoms with Crippen molar-refractivity contribution in [1.29, 1.82) is 0 Å². The van der Waals surface area contributed by atoms with Crippen molar-refractivity contribution in [3.63, 3.8) is 0 Å². The maximum Gasteiger partial charge on any atom is 0.311 e. The van der Waals surface area contributed by atoms with Gasteiger partial charge in [-0.05, 0) is 38.1 Å². The van der Waals surface area contributed by atoms with Gasteiger partial charge in [0.2, 0.25) is 0 Å². The van der Waals surface area contributed by atoms with Crippen molar-refractivity contribution in [3.8, 4) is 11.5 Å². The van der Waals surface area contributed by atoms with Crippen molar-refractivity contribution in [2.24, 2.45) is 4.99 Å². The Hall–Kier alpha value is -3.07. The zero-order chi connectivity index (χ0) is 21.0. The van der Waals surface area contributed by atoms with Gasteiger partial charge in [0.1, 0.15) is 11.4 Å². The van der Waals surface area contributed by atoms with Gasteiger partial charge in [-0.3, -0.25) is 19.8 Å².